The first-order valence-electron chi connectivity index (χ1n) is 6.71. The minimum absolute atomic E-state index is 0. The smallest absolute Gasteiger partial charge is 0.123 e. The van der Waals surface area contributed by atoms with Crippen LogP contribution >= 0.6 is 12.4 Å². The zero-order valence-corrected chi connectivity index (χ0v) is 12.2. The van der Waals surface area contributed by atoms with Gasteiger partial charge in [0, 0.05) is 18.0 Å². The van der Waals surface area contributed by atoms with E-state index in [0.29, 0.717) is 11.5 Å². The van der Waals surface area contributed by atoms with Gasteiger partial charge < -0.3 is 4.74 Å². The van der Waals surface area contributed by atoms with Crippen LogP contribution < -0.4 is 5.32 Å². The monoisotopic (exact) mass is 262 g/mol. The fraction of sp³-hybridized carbons (Fsp3) is 1.00. The van der Waals surface area contributed by atoms with Crippen molar-refractivity contribution in [2.45, 2.75) is 52.3 Å². The van der Waals surface area contributed by atoms with Crippen LogP contribution in [0.2, 0.25) is 0 Å². The summed E-state index contributed by atoms with van der Waals surface area (Å²) in [6.45, 7) is 11.1. The summed E-state index contributed by atoms with van der Waals surface area (Å²) in [6.07, 6.45) is 4.24. The normalized spacial score (nSPS) is 34.1. The lowest BCUT2D eigenvalue weighted by molar-refractivity contribution is -0.103. The molecule has 3 nitrogen and oxygen atoms in total. The predicted molar refractivity (Wildman–Crippen MR) is 73.7 cm³/mol. The molecule has 0 amide bonds. The Kier molecular flexibility index (Phi) is 5.71. The van der Waals surface area contributed by atoms with E-state index < -0.39 is 0 Å². The van der Waals surface area contributed by atoms with Crippen LogP contribution in [0.4, 0.5) is 0 Å². The Hall–Kier alpha value is 0.170. The summed E-state index contributed by atoms with van der Waals surface area (Å²) in [5, 5.41) is 3.58. The van der Waals surface area contributed by atoms with Crippen LogP contribution in [0.3, 0.4) is 0 Å². The lowest BCUT2D eigenvalue weighted by Crippen LogP contribution is -2.58. The van der Waals surface area contributed by atoms with E-state index in [0.717, 1.165) is 19.7 Å². The summed E-state index contributed by atoms with van der Waals surface area (Å²) < 4.78 is 6.01. The van der Waals surface area contributed by atoms with Crippen molar-refractivity contribution in [1.29, 1.82) is 0 Å². The highest BCUT2D eigenvalue weighted by Crippen LogP contribution is 2.25. The standard InChI is InChI=1S/C13H26N2O.ClH/c1-4-15-8-6-5-7-11(15)12-14-9-13(2,3)10-16-12;/h11-12,14H,4-10H2,1-3H3;1H. The zero-order valence-electron chi connectivity index (χ0n) is 11.4. The average molecular weight is 263 g/mol. The van der Waals surface area contributed by atoms with Gasteiger partial charge in [-0.05, 0) is 25.9 Å². The summed E-state index contributed by atoms with van der Waals surface area (Å²) in [7, 11) is 0. The Morgan fingerprint density at radius 2 is 2.12 bits per heavy atom. The SMILES string of the molecule is CCN1CCCCC1C1NCC(C)(C)CO1.Cl. The Balaban J connectivity index is 0.00000144. The molecule has 17 heavy (non-hydrogen) atoms. The molecule has 0 radical (unpaired) electrons. The van der Waals surface area contributed by atoms with Crippen molar-refractivity contribution in [2.24, 2.45) is 5.41 Å². The number of likely N-dealkylation sites (N-methyl/N-ethyl adjacent to an activating group) is 1. The predicted octanol–water partition coefficient (Wildman–Crippen LogP) is 2.25. The topological polar surface area (TPSA) is 24.5 Å². The maximum absolute atomic E-state index is 6.01. The molecule has 0 bridgehead atoms. The molecule has 2 fully saturated rings. The quantitative estimate of drug-likeness (QED) is 0.826. The van der Waals surface area contributed by atoms with E-state index in [9.17, 15) is 0 Å². The summed E-state index contributed by atoms with van der Waals surface area (Å²) in [5.41, 5.74) is 0.294. The molecule has 0 aliphatic carbocycles. The van der Waals surface area contributed by atoms with E-state index in [2.05, 4.69) is 31.0 Å². The van der Waals surface area contributed by atoms with Crippen LogP contribution in [0.1, 0.15) is 40.0 Å². The molecule has 2 aliphatic heterocycles. The van der Waals surface area contributed by atoms with Crippen LogP contribution in [0.15, 0.2) is 0 Å². The Morgan fingerprint density at radius 1 is 1.35 bits per heavy atom. The van der Waals surface area contributed by atoms with E-state index in [1.165, 1.54) is 25.8 Å². The zero-order chi connectivity index (χ0) is 11.6. The second-order valence-electron chi connectivity index (χ2n) is 5.97. The van der Waals surface area contributed by atoms with Crippen LogP contribution in [-0.4, -0.2) is 43.4 Å². The molecule has 2 rings (SSSR count). The van der Waals surface area contributed by atoms with Crippen LogP contribution in [0, 0.1) is 5.41 Å². The van der Waals surface area contributed by atoms with Crippen molar-refractivity contribution in [3.63, 3.8) is 0 Å². The van der Waals surface area contributed by atoms with Gasteiger partial charge in [-0.2, -0.15) is 0 Å². The molecular formula is C13H27ClN2O. The Bertz CT molecular complexity index is 225. The molecule has 0 aromatic rings. The van der Waals surface area contributed by atoms with Crippen LogP contribution in [0.5, 0.6) is 0 Å². The first kappa shape index (κ1) is 15.2. The maximum Gasteiger partial charge on any atom is 0.123 e. The van der Waals surface area contributed by atoms with Crippen molar-refractivity contribution in [2.75, 3.05) is 26.2 Å². The average Bonchev–Trinajstić information content (AvgIpc) is 2.29. The van der Waals surface area contributed by atoms with Crippen molar-refractivity contribution >= 4 is 12.4 Å². The largest absolute Gasteiger partial charge is 0.361 e. The van der Waals surface area contributed by atoms with Gasteiger partial charge in [0.15, 0.2) is 0 Å². The van der Waals surface area contributed by atoms with Crippen LogP contribution in [-0.2, 0) is 4.74 Å². The van der Waals surface area contributed by atoms with Gasteiger partial charge in [0.1, 0.15) is 6.23 Å². The molecule has 2 saturated heterocycles. The molecule has 4 heteroatoms. The second kappa shape index (κ2) is 6.37. The molecule has 0 saturated carbocycles. The number of rotatable bonds is 2. The van der Waals surface area contributed by atoms with Gasteiger partial charge >= 0.3 is 0 Å². The van der Waals surface area contributed by atoms with Crippen molar-refractivity contribution < 1.29 is 4.74 Å². The summed E-state index contributed by atoms with van der Waals surface area (Å²) >= 11 is 0. The lowest BCUT2D eigenvalue weighted by Gasteiger charge is -2.44. The fourth-order valence-corrected chi connectivity index (χ4v) is 2.80. The first-order chi connectivity index (χ1) is 7.62. The van der Waals surface area contributed by atoms with Gasteiger partial charge in [-0.25, -0.2) is 0 Å². The third-order valence-corrected chi connectivity index (χ3v) is 3.86. The van der Waals surface area contributed by atoms with Gasteiger partial charge in [-0.15, -0.1) is 12.4 Å². The molecule has 2 atom stereocenters. The highest BCUT2D eigenvalue weighted by molar-refractivity contribution is 5.85. The van der Waals surface area contributed by atoms with Crippen molar-refractivity contribution in [1.82, 2.24) is 10.2 Å². The minimum atomic E-state index is 0. The number of likely N-dealkylation sites (tertiary alicyclic amines) is 1. The third kappa shape index (κ3) is 3.82. The van der Waals surface area contributed by atoms with E-state index in [-0.39, 0.29) is 18.6 Å². The molecular weight excluding hydrogens is 236 g/mol. The minimum Gasteiger partial charge on any atom is -0.361 e. The molecule has 0 aromatic heterocycles. The number of hydrogen-bond acceptors (Lipinski definition) is 3. The highest BCUT2D eigenvalue weighted by Gasteiger charge is 2.35. The Morgan fingerprint density at radius 3 is 2.71 bits per heavy atom. The van der Waals surface area contributed by atoms with Gasteiger partial charge in [0.05, 0.1) is 6.61 Å². The molecule has 2 aliphatic rings. The van der Waals surface area contributed by atoms with Gasteiger partial charge in [-0.3, -0.25) is 10.2 Å². The number of ether oxygens (including phenoxy) is 1. The van der Waals surface area contributed by atoms with Gasteiger partial charge in [0.2, 0.25) is 0 Å². The van der Waals surface area contributed by atoms with E-state index in [4.69, 9.17) is 4.74 Å². The fourth-order valence-electron chi connectivity index (χ4n) is 2.80. The summed E-state index contributed by atoms with van der Waals surface area (Å²) in [4.78, 5) is 2.57. The number of halogens is 1. The van der Waals surface area contributed by atoms with E-state index in [1.54, 1.807) is 0 Å². The summed E-state index contributed by atoms with van der Waals surface area (Å²) in [5.74, 6) is 0. The van der Waals surface area contributed by atoms with Gasteiger partial charge in [-0.1, -0.05) is 27.2 Å². The molecule has 1 N–H and O–H groups in total. The number of nitrogens with zero attached hydrogens (tertiary/aromatic N) is 1. The number of nitrogens with one attached hydrogen (secondary N) is 1. The van der Waals surface area contributed by atoms with Crippen molar-refractivity contribution in [3.8, 4) is 0 Å². The maximum atomic E-state index is 6.01. The second-order valence-corrected chi connectivity index (χ2v) is 5.97. The number of piperidine rings is 1. The van der Waals surface area contributed by atoms with E-state index >= 15 is 0 Å². The van der Waals surface area contributed by atoms with Crippen molar-refractivity contribution in [3.05, 3.63) is 0 Å². The molecule has 2 heterocycles. The van der Waals surface area contributed by atoms with Crippen LogP contribution in [0.25, 0.3) is 0 Å². The molecule has 2 unspecified atom stereocenters. The van der Waals surface area contributed by atoms with Gasteiger partial charge in [0.25, 0.3) is 0 Å². The first-order valence-corrected chi connectivity index (χ1v) is 6.71. The number of hydrogen-bond donors (Lipinski definition) is 1. The lowest BCUT2D eigenvalue weighted by atomic mass is 9.92. The third-order valence-electron chi connectivity index (χ3n) is 3.86. The molecule has 0 aromatic carbocycles. The highest BCUT2D eigenvalue weighted by atomic mass is 35.5. The summed E-state index contributed by atoms with van der Waals surface area (Å²) in [6, 6.07) is 0.592. The Labute approximate surface area is 112 Å². The molecule has 102 valence electrons. The molecule has 0 spiro atoms. The van der Waals surface area contributed by atoms with E-state index in [1.807, 2.05) is 0 Å².